The molecule has 0 amide bonds. The predicted molar refractivity (Wildman–Crippen MR) is 86.5 cm³/mol. The largest absolute Gasteiger partial charge is 0.388 e. The fourth-order valence-corrected chi connectivity index (χ4v) is 2.08. The highest BCUT2D eigenvalue weighted by Gasteiger charge is 2.09. The first-order valence-electron chi connectivity index (χ1n) is 6.84. The zero-order valence-electron chi connectivity index (χ0n) is 12.4. The fourth-order valence-electron chi connectivity index (χ4n) is 2.08. The van der Waals surface area contributed by atoms with E-state index in [0.29, 0.717) is 17.3 Å². The molecule has 0 saturated carbocycles. The van der Waals surface area contributed by atoms with Crippen molar-refractivity contribution in [1.29, 1.82) is 0 Å². The van der Waals surface area contributed by atoms with E-state index in [9.17, 15) is 10.1 Å². The topological polar surface area (TPSA) is 67.2 Å². The lowest BCUT2D eigenvalue weighted by molar-refractivity contribution is -0.384. The van der Waals surface area contributed by atoms with E-state index in [4.69, 9.17) is 0 Å². The number of nitro benzene ring substituents is 1. The van der Waals surface area contributed by atoms with E-state index in [2.05, 4.69) is 36.6 Å². The molecule has 2 aromatic carbocycles. The number of hydrogen-bond acceptors (Lipinski definition) is 4. The van der Waals surface area contributed by atoms with Crippen LogP contribution in [-0.2, 0) is 0 Å². The van der Waals surface area contributed by atoms with Crippen LogP contribution in [0, 0.1) is 10.1 Å². The number of rotatable bonds is 5. The van der Waals surface area contributed by atoms with Crippen molar-refractivity contribution in [1.82, 2.24) is 0 Å². The Balaban J connectivity index is 2.32. The second kappa shape index (κ2) is 6.26. The van der Waals surface area contributed by atoms with Crippen LogP contribution >= 0.6 is 0 Å². The van der Waals surface area contributed by atoms with E-state index < -0.39 is 4.92 Å². The van der Waals surface area contributed by atoms with Crippen LogP contribution in [0.25, 0.3) is 0 Å². The lowest BCUT2D eigenvalue weighted by atomic mass is 10.0. The first-order valence-corrected chi connectivity index (χ1v) is 6.84. The summed E-state index contributed by atoms with van der Waals surface area (Å²) in [6.45, 7) is 4.26. The maximum Gasteiger partial charge on any atom is 0.273 e. The Morgan fingerprint density at radius 1 is 1.05 bits per heavy atom. The highest BCUT2D eigenvalue weighted by molar-refractivity contribution is 5.69. The molecule has 2 rings (SSSR count). The fraction of sp³-hybridized carbons (Fsp3) is 0.250. The van der Waals surface area contributed by atoms with E-state index in [1.54, 1.807) is 7.05 Å². The molecule has 5 nitrogen and oxygen atoms in total. The molecule has 0 fully saturated rings. The molecule has 0 heterocycles. The summed E-state index contributed by atoms with van der Waals surface area (Å²) in [6.07, 6.45) is 0. The van der Waals surface area contributed by atoms with Gasteiger partial charge in [-0.05, 0) is 29.7 Å². The van der Waals surface area contributed by atoms with Crippen LogP contribution in [0.1, 0.15) is 25.3 Å². The second-order valence-corrected chi connectivity index (χ2v) is 5.18. The molecule has 2 aromatic rings. The zero-order chi connectivity index (χ0) is 15.4. The van der Waals surface area contributed by atoms with Crippen molar-refractivity contribution >= 4 is 22.7 Å². The third kappa shape index (κ3) is 3.72. The quantitative estimate of drug-likeness (QED) is 0.626. The van der Waals surface area contributed by atoms with Gasteiger partial charge in [0.05, 0.1) is 4.92 Å². The number of nitrogens with one attached hydrogen (secondary N) is 2. The summed E-state index contributed by atoms with van der Waals surface area (Å²) in [5.41, 5.74) is 3.59. The Morgan fingerprint density at radius 2 is 1.76 bits per heavy atom. The first kappa shape index (κ1) is 14.8. The number of benzene rings is 2. The predicted octanol–water partition coefficient (Wildman–Crippen LogP) is 4.50. The summed E-state index contributed by atoms with van der Waals surface area (Å²) < 4.78 is 0. The summed E-state index contributed by atoms with van der Waals surface area (Å²) in [7, 11) is 1.74. The average Bonchev–Trinajstić information content (AvgIpc) is 2.47. The zero-order valence-corrected chi connectivity index (χ0v) is 12.4. The summed E-state index contributed by atoms with van der Waals surface area (Å²) in [4.78, 5) is 10.6. The highest BCUT2D eigenvalue weighted by Crippen LogP contribution is 2.27. The van der Waals surface area contributed by atoms with Crippen molar-refractivity contribution in [3.63, 3.8) is 0 Å². The van der Waals surface area contributed by atoms with Gasteiger partial charge in [-0.3, -0.25) is 10.1 Å². The molecule has 0 atom stereocenters. The van der Waals surface area contributed by atoms with Gasteiger partial charge in [0.25, 0.3) is 5.69 Å². The second-order valence-electron chi connectivity index (χ2n) is 5.18. The molecule has 0 bridgehead atoms. The highest BCUT2D eigenvalue weighted by atomic mass is 16.6. The van der Waals surface area contributed by atoms with Crippen molar-refractivity contribution < 1.29 is 4.92 Å². The van der Waals surface area contributed by atoms with Crippen LogP contribution in [0.3, 0.4) is 0 Å². The van der Waals surface area contributed by atoms with Crippen molar-refractivity contribution in [2.45, 2.75) is 19.8 Å². The van der Waals surface area contributed by atoms with Crippen LogP contribution < -0.4 is 10.6 Å². The maximum atomic E-state index is 11.0. The van der Waals surface area contributed by atoms with E-state index >= 15 is 0 Å². The number of nitro groups is 1. The van der Waals surface area contributed by atoms with E-state index in [1.807, 2.05) is 18.2 Å². The summed E-state index contributed by atoms with van der Waals surface area (Å²) in [6, 6.07) is 12.9. The first-order chi connectivity index (χ1) is 9.99. The van der Waals surface area contributed by atoms with E-state index in [-0.39, 0.29) is 5.69 Å². The molecule has 21 heavy (non-hydrogen) atoms. The minimum absolute atomic E-state index is 0.0596. The van der Waals surface area contributed by atoms with Gasteiger partial charge in [-0.2, -0.15) is 0 Å². The number of anilines is 3. The van der Waals surface area contributed by atoms with Crippen LogP contribution in [0.15, 0.2) is 42.5 Å². The van der Waals surface area contributed by atoms with Crippen LogP contribution in [0.4, 0.5) is 22.7 Å². The summed E-state index contributed by atoms with van der Waals surface area (Å²) in [5.74, 6) is 0.435. The van der Waals surface area contributed by atoms with Gasteiger partial charge in [0.15, 0.2) is 0 Å². The number of non-ortho nitro benzene ring substituents is 1. The molecule has 2 N–H and O–H groups in total. The maximum absolute atomic E-state index is 11.0. The molecule has 0 spiro atoms. The van der Waals surface area contributed by atoms with Crippen molar-refractivity contribution in [3.8, 4) is 0 Å². The molecular formula is C16H19N3O2. The molecule has 0 aromatic heterocycles. The molecule has 0 saturated heterocycles. The number of hydrogen-bond donors (Lipinski definition) is 2. The Hall–Kier alpha value is -2.56. The Morgan fingerprint density at radius 3 is 2.38 bits per heavy atom. The molecule has 5 heteroatoms. The van der Waals surface area contributed by atoms with Gasteiger partial charge in [0, 0.05) is 36.2 Å². The van der Waals surface area contributed by atoms with Crippen molar-refractivity contribution in [2.75, 3.05) is 17.7 Å². The Kier molecular flexibility index (Phi) is 4.42. The van der Waals surface area contributed by atoms with E-state index in [0.717, 1.165) is 5.69 Å². The van der Waals surface area contributed by atoms with Gasteiger partial charge in [0.2, 0.25) is 0 Å². The van der Waals surface area contributed by atoms with Crippen molar-refractivity contribution in [3.05, 3.63) is 58.1 Å². The third-order valence-electron chi connectivity index (χ3n) is 3.26. The molecule has 0 aliphatic heterocycles. The van der Waals surface area contributed by atoms with Gasteiger partial charge in [-0.1, -0.05) is 26.0 Å². The van der Waals surface area contributed by atoms with Gasteiger partial charge in [0.1, 0.15) is 0 Å². The molecule has 110 valence electrons. The smallest absolute Gasteiger partial charge is 0.273 e. The number of nitrogens with zero attached hydrogens (tertiary/aromatic N) is 1. The van der Waals surface area contributed by atoms with Crippen LogP contribution in [-0.4, -0.2) is 12.0 Å². The van der Waals surface area contributed by atoms with E-state index in [1.165, 1.54) is 17.7 Å². The lowest BCUT2D eigenvalue weighted by Crippen LogP contribution is -1.97. The van der Waals surface area contributed by atoms with Gasteiger partial charge in [-0.15, -0.1) is 0 Å². The van der Waals surface area contributed by atoms with Gasteiger partial charge < -0.3 is 10.6 Å². The molecular weight excluding hydrogens is 266 g/mol. The molecule has 0 aliphatic rings. The molecule has 0 radical (unpaired) electrons. The summed E-state index contributed by atoms with van der Waals surface area (Å²) in [5, 5.41) is 17.1. The van der Waals surface area contributed by atoms with Crippen LogP contribution in [0.2, 0.25) is 0 Å². The Labute approximate surface area is 124 Å². The average molecular weight is 285 g/mol. The lowest BCUT2D eigenvalue weighted by Gasteiger charge is -2.11. The van der Waals surface area contributed by atoms with Crippen LogP contribution in [0.5, 0.6) is 0 Å². The van der Waals surface area contributed by atoms with Crippen molar-refractivity contribution in [2.24, 2.45) is 0 Å². The normalized spacial score (nSPS) is 10.5. The van der Waals surface area contributed by atoms with Gasteiger partial charge in [-0.25, -0.2) is 0 Å². The molecule has 0 aliphatic carbocycles. The third-order valence-corrected chi connectivity index (χ3v) is 3.26. The SMILES string of the molecule is CNc1cc(Nc2cccc(C(C)C)c2)cc([N+](=O)[O-])c1. The monoisotopic (exact) mass is 285 g/mol. The minimum Gasteiger partial charge on any atom is -0.388 e. The minimum atomic E-state index is -0.392. The van der Waals surface area contributed by atoms with Gasteiger partial charge >= 0.3 is 0 Å². The summed E-state index contributed by atoms with van der Waals surface area (Å²) >= 11 is 0. The Bertz CT molecular complexity index is 654. The standard InChI is InChI=1S/C16H19N3O2/c1-11(2)12-5-4-6-13(7-12)18-15-8-14(17-3)9-16(10-15)19(20)21/h4-11,17-18H,1-3H3. The molecule has 0 unspecified atom stereocenters.